The van der Waals surface area contributed by atoms with Crippen molar-refractivity contribution in [2.45, 2.75) is 130 Å². The van der Waals surface area contributed by atoms with Crippen LogP contribution in [0.5, 0.6) is 0 Å². The van der Waals surface area contributed by atoms with Gasteiger partial charge in [0.1, 0.15) is 0 Å². The SMILES string of the molecule is C[C@H](CC[C@@H](O)C(C)(C)O)[C@H]1CC[C@@]2(C(=O)O)[C@@H]3CCC4=C(CC[C@@H](O)C4(C)C)C[C@H]3CC[C@]12C. The summed E-state index contributed by atoms with van der Waals surface area (Å²) >= 11 is 0. The summed E-state index contributed by atoms with van der Waals surface area (Å²) in [5, 5.41) is 42.2. The van der Waals surface area contributed by atoms with Crippen molar-refractivity contribution >= 4 is 5.97 Å². The lowest BCUT2D eigenvalue weighted by Crippen LogP contribution is -2.55. The number of aliphatic hydroxyl groups excluding tert-OH is 2. The third kappa shape index (κ3) is 4.22. The first-order valence-corrected chi connectivity index (χ1v) is 14.2. The fourth-order valence-electron chi connectivity index (χ4n) is 9.37. The van der Waals surface area contributed by atoms with Crippen LogP contribution in [0.25, 0.3) is 0 Å². The lowest BCUT2D eigenvalue weighted by Gasteiger charge is -2.56. The number of fused-ring (bicyclic) bond motifs is 3. The molecule has 2 fully saturated rings. The average Bonchev–Trinajstić information content (AvgIpc) is 2.95. The van der Waals surface area contributed by atoms with E-state index in [4.69, 9.17) is 0 Å². The fourth-order valence-corrected chi connectivity index (χ4v) is 9.37. The van der Waals surface area contributed by atoms with Gasteiger partial charge in [-0.2, -0.15) is 0 Å². The van der Waals surface area contributed by atoms with Gasteiger partial charge < -0.3 is 20.4 Å². The van der Waals surface area contributed by atoms with Crippen LogP contribution in [0.3, 0.4) is 0 Å². The Morgan fingerprint density at radius 1 is 1.06 bits per heavy atom. The van der Waals surface area contributed by atoms with E-state index in [1.54, 1.807) is 13.8 Å². The van der Waals surface area contributed by atoms with Crippen LogP contribution in [0.15, 0.2) is 11.1 Å². The van der Waals surface area contributed by atoms with Gasteiger partial charge in [-0.15, -0.1) is 0 Å². The Kier molecular flexibility index (Phi) is 7.08. The largest absolute Gasteiger partial charge is 0.481 e. The molecule has 8 atom stereocenters. The number of carbonyl (C=O) groups is 1. The van der Waals surface area contributed by atoms with E-state index >= 15 is 0 Å². The molecule has 4 rings (SSSR count). The maximum atomic E-state index is 13.3. The van der Waals surface area contributed by atoms with Gasteiger partial charge in [0.2, 0.25) is 0 Å². The first kappa shape index (κ1) is 27.1. The lowest BCUT2D eigenvalue weighted by atomic mass is 9.47. The summed E-state index contributed by atoms with van der Waals surface area (Å²) in [5.41, 5.74) is 0.655. The predicted molar refractivity (Wildman–Crippen MR) is 138 cm³/mol. The van der Waals surface area contributed by atoms with E-state index in [0.717, 1.165) is 64.2 Å². The Labute approximate surface area is 212 Å². The molecule has 0 saturated heterocycles. The highest BCUT2D eigenvalue weighted by Crippen LogP contribution is 2.70. The first-order chi connectivity index (χ1) is 16.2. The molecule has 0 radical (unpaired) electrons. The van der Waals surface area contributed by atoms with Gasteiger partial charge in [0, 0.05) is 5.41 Å². The molecule has 0 amide bonds. The molecule has 35 heavy (non-hydrogen) atoms. The minimum atomic E-state index is -1.12. The zero-order chi connectivity index (χ0) is 26.0. The lowest BCUT2D eigenvalue weighted by molar-refractivity contribution is -0.175. The topological polar surface area (TPSA) is 98.0 Å². The van der Waals surface area contributed by atoms with Crippen molar-refractivity contribution in [3.05, 3.63) is 11.1 Å². The summed E-state index contributed by atoms with van der Waals surface area (Å²) < 4.78 is 0. The number of hydrogen-bond donors (Lipinski definition) is 4. The van der Waals surface area contributed by atoms with Crippen LogP contribution in [0.1, 0.15) is 112 Å². The summed E-state index contributed by atoms with van der Waals surface area (Å²) in [6, 6.07) is 0. The number of aliphatic carboxylic acids is 1. The molecule has 0 aromatic heterocycles. The summed E-state index contributed by atoms with van der Waals surface area (Å²) in [5.74, 6) is 0.624. The number of aliphatic hydroxyl groups is 3. The highest BCUT2D eigenvalue weighted by molar-refractivity contribution is 5.77. The van der Waals surface area contributed by atoms with Gasteiger partial charge in [-0.1, -0.05) is 38.8 Å². The smallest absolute Gasteiger partial charge is 0.310 e. The number of rotatable bonds is 6. The Morgan fingerprint density at radius 3 is 2.37 bits per heavy atom. The summed E-state index contributed by atoms with van der Waals surface area (Å²) in [6.07, 6.45) is 8.63. The van der Waals surface area contributed by atoms with E-state index in [1.807, 2.05) is 0 Å². The average molecular weight is 491 g/mol. The maximum Gasteiger partial charge on any atom is 0.310 e. The van der Waals surface area contributed by atoms with Crippen molar-refractivity contribution in [3.8, 4) is 0 Å². The normalized spacial score (nSPS) is 40.8. The quantitative estimate of drug-likeness (QED) is 0.358. The van der Waals surface area contributed by atoms with Crippen molar-refractivity contribution in [1.29, 1.82) is 0 Å². The van der Waals surface area contributed by atoms with Gasteiger partial charge in [-0.05, 0) is 114 Å². The standard InChI is InChI=1S/C30H50O5/c1-18(7-11-25(32)28(4,5)35)21-14-16-30(26(33)34)23-10-9-22-19(8-12-24(31)27(22,2)3)17-20(23)13-15-29(21,30)6/h18,20-21,23-25,31-32,35H,7-17H2,1-6H3,(H,33,34)/t18-,20-,21-,23-,24-,25-,29-,30+/m1/s1. The Bertz CT molecular complexity index is 853. The molecule has 0 aliphatic heterocycles. The van der Waals surface area contributed by atoms with Crippen LogP contribution in [0.2, 0.25) is 0 Å². The number of hydrogen-bond acceptors (Lipinski definition) is 4. The molecule has 2 saturated carbocycles. The molecular weight excluding hydrogens is 440 g/mol. The maximum absolute atomic E-state index is 13.3. The van der Waals surface area contributed by atoms with E-state index in [0.29, 0.717) is 24.2 Å². The third-order valence-corrected chi connectivity index (χ3v) is 11.7. The molecule has 4 aliphatic carbocycles. The number of carboxylic acids is 1. The zero-order valence-electron chi connectivity index (χ0n) is 22.9. The van der Waals surface area contributed by atoms with E-state index in [9.17, 15) is 25.2 Å². The van der Waals surface area contributed by atoms with Crippen LogP contribution >= 0.6 is 0 Å². The van der Waals surface area contributed by atoms with Gasteiger partial charge in [0.05, 0.1) is 23.2 Å². The zero-order valence-corrected chi connectivity index (χ0v) is 22.9. The van der Waals surface area contributed by atoms with Crippen molar-refractivity contribution in [1.82, 2.24) is 0 Å². The minimum Gasteiger partial charge on any atom is -0.481 e. The van der Waals surface area contributed by atoms with Gasteiger partial charge in [0.15, 0.2) is 0 Å². The minimum absolute atomic E-state index is 0.177. The first-order valence-electron chi connectivity index (χ1n) is 14.2. The van der Waals surface area contributed by atoms with E-state index in [2.05, 4.69) is 27.7 Å². The second-order valence-corrected chi connectivity index (χ2v) is 14.1. The molecule has 0 bridgehead atoms. The summed E-state index contributed by atoms with van der Waals surface area (Å²) in [4.78, 5) is 13.3. The second-order valence-electron chi connectivity index (χ2n) is 14.1. The molecule has 5 nitrogen and oxygen atoms in total. The molecule has 4 N–H and O–H groups in total. The van der Waals surface area contributed by atoms with Crippen LogP contribution in [0, 0.1) is 39.9 Å². The number of carboxylic acid groups (broad SMARTS) is 1. The van der Waals surface area contributed by atoms with Crippen molar-refractivity contribution in [2.75, 3.05) is 0 Å². The van der Waals surface area contributed by atoms with Crippen LogP contribution < -0.4 is 0 Å². The highest BCUT2D eigenvalue weighted by Gasteiger charge is 2.68. The Hall–Kier alpha value is -0.910. The van der Waals surface area contributed by atoms with E-state index in [-0.39, 0.29) is 22.9 Å². The van der Waals surface area contributed by atoms with Gasteiger partial charge >= 0.3 is 5.97 Å². The molecule has 0 spiro atoms. The summed E-state index contributed by atoms with van der Waals surface area (Å²) in [7, 11) is 0. The molecular formula is C30H50O5. The van der Waals surface area contributed by atoms with Crippen LogP contribution in [-0.2, 0) is 4.79 Å². The third-order valence-electron chi connectivity index (χ3n) is 11.7. The molecule has 0 unspecified atom stereocenters. The van der Waals surface area contributed by atoms with Gasteiger partial charge in [-0.3, -0.25) is 4.79 Å². The Morgan fingerprint density at radius 2 is 1.74 bits per heavy atom. The van der Waals surface area contributed by atoms with Crippen molar-refractivity contribution in [2.24, 2.45) is 39.9 Å². The second kappa shape index (κ2) is 9.13. The molecule has 0 heterocycles. The summed E-state index contributed by atoms with van der Waals surface area (Å²) in [6.45, 7) is 12.1. The van der Waals surface area contributed by atoms with Gasteiger partial charge in [-0.25, -0.2) is 0 Å². The number of allylic oxidation sites excluding steroid dienone is 1. The Balaban J connectivity index is 1.60. The van der Waals surface area contributed by atoms with Crippen molar-refractivity contribution < 1.29 is 25.2 Å². The van der Waals surface area contributed by atoms with E-state index in [1.165, 1.54) is 11.1 Å². The highest BCUT2D eigenvalue weighted by atomic mass is 16.4. The monoisotopic (exact) mass is 490 g/mol. The molecule has 0 aromatic carbocycles. The molecule has 200 valence electrons. The molecule has 5 heteroatoms. The van der Waals surface area contributed by atoms with Crippen LogP contribution in [-0.4, -0.2) is 44.2 Å². The fraction of sp³-hybridized carbons (Fsp3) is 0.900. The van der Waals surface area contributed by atoms with Crippen molar-refractivity contribution in [3.63, 3.8) is 0 Å². The molecule has 4 aliphatic rings. The molecule has 0 aromatic rings. The van der Waals surface area contributed by atoms with Gasteiger partial charge in [0.25, 0.3) is 0 Å². The van der Waals surface area contributed by atoms with Crippen LogP contribution in [0.4, 0.5) is 0 Å². The predicted octanol–water partition coefficient (Wildman–Crippen LogP) is 5.71. The van der Waals surface area contributed by atoms with E-state index < -0.39 is 23.1 Å².